The lowest BCUT2D eigenvalue weighted by molar-refractivity contribution is 0.254. The smallest absolute Gasteiger partial charge is 0.0457 e. The number of nitrogens with zero attached hydrogens (tertiary/aromatic N) is 2. The first kappa shape index (κ1) is 12.9. The summed E-state index contributed by atoms with van der Waals surface area (Å²) in [6.45, 7) is 3.16. The van der Waals surface area contributed by atoms with Crippen LogP contribution in [0.2, 0.25) is 0 Å². The lowest BCUT2D eigenvalue weighted by Crippen LogP contribution is -2.22. The summed E-state index contributed by atoms with van der Waals surface area (Å²) >= 11 is 0. The largest absolute Gasteiger partial charge is 0.361 e. The molecule has 3 rings (SSSR count). The minimum Gasteiger partial charge on any atom is -0.361 e. The summed E-state index contributed by atoms with van der Waals surface area (Å²) in [7, 11) is 2.16. The van der Waals surface area contributed by atoms with Gasteiger partial charge in [0.15, 0.2) is 0 Å². The van der Waals surface area contributed by atoms with Crippen molar-refractivity contribution in [3.05, 3.63) is 66.1 Å². The highest BCUT2D eigenvalue weighted by molar-refractivity contribution is 5.82. The number of H-pyrrole nitrogens is 1. The number of rotatable bonds is 4. The summed E-state index contributed by atoms with van der Waals surface area (Å²) in [4.78, 5) is 9.71. The second kappa shape index (κ2) is 5.47. The summed E-state index contributed by atoms with van der Waals surface area (Å²) in [5.74, 6) is 0. The van der Waals surface area contributed by atoms with E-state index in [2.05, 4.69) is 65.2 Å². The van der Waals surface area contributed by atoms with Gasteiger partial charge in [-0.2, -0.15) is 0 Å². The second-order valence-corrected chi connectivity index (χ2v) is 5.23. The Morgan fingerprint density at radius 3 is 2.75 bits per heavy atom. The van der Waals surface area contributed by atoms with E-state index in [4.69, 9.17) is 0 Å². The van der Waals surface area contributed by atoms with E-state index in [0.717, 1.165) is 6.54 Å². The van der Waals surface area contributed by atoms with Crippen molar-refractivity contribution in [2.75, 3.05) is 7.05 Å². The maximum atomic E-state index is 4.08. The number of hydrogen-bond acceptors (Lipinski definition) is 2. The number of fused-ring (bicyclic) bond motifs is 1. The van der Waals surface area contributed by atoms with Crippen molar-refractivity contribution < 1.29 is 0 Å². The standard InChI is InChI=1S/C17H19N3/c1-13(14-6-9-18-10-7-14)20(2)12-15-4-3-5-17-16(15)8-11-19-17/h3-11,13,19H,12H2,1-2H3/t13-/m1/s1. The Kier molecular flexibility index (Phi) is 3.52. The molecular weight excluding hydrogens is 246 g/mol. The van der Waals surface area contributed by atoms with Gasteiger partial charge in [0.25, 0.3) is 0 Å². The second-order valence-electron chi connectivity index (χ2n) is 5.23. The fourth-order valence-corrected chi connectivity index (χ4v) is 2.59. The van der Waals surface area contributed by atoms with Gasteiger partial charge in [-0.05, 0) is 49.4 Å². The Balaban J connectivity index is 1.82. The van der Waals surface area contributed by atoms with Gasteiger partial charge < -0.3 is 4.98 Å². The van der Waals surface area contributed by atoms with Crippen LogP contribution in [0.15, 0.2) is 55.0 Å². The number of aromatic nitrogens is 2. The molecule has 0 radical (unpaired) electrons. The van der Waals surface area contributed by atoms with Crippen molar-refractivity contribution >= 4 is 10.9 Å². The highest BCUT2D eigenvalue weighted by Gasteiger charge is 2.13. The van der Waals surface area contributed by atoms with E-state index in [0.29, 0.717) is 6.04 Å². The third-order valence-electron chi connectivity index (χ3n) is 3.95. The predicted molar refractivity (Wildman–Crippen MR) is 82.4 cm³/mol. The van der Waals surface area contributed by atoms with Crippen LogP contribution < -0.4 is 0 Å². The fraction of sp³-hybridized carbons (Fsp3) is 0.235. The molecule has 1 aromatic carbocycles. The predicted octanol–water partition coefficient (Wildman–Crippen LogP) is 3.76. The van der Waals surface area contributed by atoms with E-state index in [-0.39, 0.29) is 0 Å². The molecule has 0 spiro atoms. The highest BCUT2D eigenvalue weighted by atomic mass is 15.1. The molecule has 2 heterocycles. The number of hydrogen-bond donors (Lipinski definition) is 1. The highest BCUT2D eigenvalue weighted by Crippen LogP contribution is 2.23. The van der Waals surface area contributed by atoms with E-state index >= 15 is 0 Å². The molecule has 0 aliphatic heterocycles. The molecular formula is C17H19N3. The molecule has 0 aliphatic rings. The molecule has 1 N–H and O–H groups in total. The van der Waals surface area contributed by atoms with Gasteiger partial charge in [-0.25, -0.2) is 0 Å². The Labute approximate surface area is 119 Å². The number of benzene rings is 1. The van der Waals surface area contributed by atoms with Gasteiger partial charge in [-0.1, -0.05) is 12.1 Å². The summed E-state index contributed by atoms with van der Waals surface area (Å²) in [5.41, 5.74) is 3.85. The van der Waals surface area contributed by atoms with Gasteiger partial charge in [0.2, 0.25) is 0 Å². The van der Waals surface area contributed by atoms with Gasteiger partial charge >= 0.3 is 0 Å². The zero-order chi connectivity index (χ0) is 13.9. The topological polar surface area (TPSA) is 31.9 Å². The average Bonchev–Trinajstić information content (AvgIpc) is 2.97. The molecule has 0 unspecified atom stereocenters. The maximum Gasteiger partial charge on any atom is 0.0457 e. The van der Waals surface area contributed by atoms with E-state index in [9.17, 15) is 0 Å². The van der Waals surface area contributed by atoms with Crippen LogP contribution in [0.3, 0.4) is 0 Å². The van der Waals surface area contributed by atoms with Gasteiger partial charge in [-0.3, -0.25) is 9.88 Å². The minimum absolute atomic E-state index is 0.368. The zero-order valence-corrected chi connectivity index (χ0v) is 11.9. The van der Waals surface area contributed by atoms with Gasteiger partial charge in [0.1, 0.15) is 0 Å². The molecule has 0 saturated heterocycles. The van der Waals surface area contributed by atoms with E-state index in [1.165, 1.54) is 22.0 Å². The molecule has 0 saturated carbocycles. The quantitative estimate of drug-likeness (QED) is 0.779. The monoisotopic (exact) mass is 265 g/mol. The lowest BCUT2D eigenvalue weighted by atomic mass is 10.1. The van der Waals surface area contributed by atoms with Gasteiger partial charge in [0, 0.05) is 42.1 Å². The summed E-state index contributed by atoms with van der Waals surface area (Å²) < 4.78 is 0. The first-order chi connectivity index (χ1) is 9.75. The Bertz CT molecular complexity index is 688. The first-order valence-corrected chi connectivity index (χ1v) is 6.91. The summed E-state index contributed by atoms with van der Waals surface area (Å²) in [6, 6.07) is 13.1. The van der Waals surface area contributed by atoms with Crippen molar-refractivity contribution in [1.82, 2.24) is 14.9 Å². The number of aromatic amines is 1. The molecule has 3 heteroatoms. The van der Waals surface area contributed by atoms with Crippen molar-refractivity contribution in [3.8, 4) is 0 Å². The van der Waals surface area contributed by atoms with Crippen molar-refractivity contribution in [2.24, 2.45) is 0 Å². The zero-order valence-electron chi connectivity index (χ0n) is 11.9. The summed E-state index contributed by atoms with van der Waals surface area (Å²) in [6.07, 6.45) is 5.71. The van der Waals surface area contributed by atoms with Crippen LogP contribution in [0, 0.1) is 0 Å². The molecule has 0 amide bonds. The summed E-state index contributed by atoms with van der Waals surface area (Å²) in [5, 5.41) is 1.31. The van der Waals surface area contributed by atoms with Crippen LogP contribution in [-0.2, 0) is 6.54 Å². The van der Waals surface area contributed by atoms with E-state index < -0.39 is 0 Å². The van der Waals surface area contributed by atoms with Crippen LogP contribution in [0.1, 0.15) is 24.1 Å². The van der Waals surface area contributed by atoms with Gasteiger partial charge in [-0.15, -0.1) is 0 Å². The molecule has 102 valence electrons. The SMILES string of the molecule is C[C@H](c1ccncc1)N(C)Cc1cccc2[nH]ccc12. The van der Waals surface area contributed by atoms with Crippen molar-refractivity contribution in [2.45, 2.75) is 19.5 Å². The van der Waals surface area contributed by atoms with Crippen LogP contribution in [-0.4, -0.2) is 21.9 Å². The van der Waals surface area contributed by atoms with Crippen molar-refractivity contribution in [3.63, 3.8) is 0 Å². The average molecular weight is 265 g/mol. The fourth-order valence-electron chi connectivity index (χ4n) is 2.59. The van der Waals surface area contributed by atoms with Crippen LogP contribution in [0.5, 0.6) is 0 Å². The Morgan fingerprint density at radius 2 is 1.95 bits per heavy atom. The molecule has 0 aliphatic carbocycles. The number of nitrogens with one attached hydrogen (secondary N) is 1. The van der Waals surface area contributed by atoms with Crippen LogP contribution >= 0.6 is 0 Å². The van der Waals surface area contributed by atoms with E-state index in [1.807, 2.05) is 18.6 Å². The molecule has 1 atom stereocenters. The molecule has 3 nitrogen and oxygen atoms in total. The molecule has 0 fully saturated rings. The lowest BCUT2D eigenvalue weighted by Gasteiger charge is -2.25. The normalized spacial score (nSPS) is 12.9. The molecule has 0 bridgehead atoms. The molecule has 20 heavy (non-hydrogen) atoms. The van der Waals surface area contributed by atoms with Crippen LogP contribution in [0.25, 0.3) is 10.9 Å². The van der Waals surface area contributed by atoms with E-state index in [1.54, 1.807) is 0 Å². The maximum absolute atomic E-state index is 4.08. The van der Waals surface area contributed by atoms with Crippen LogP contribution in [0.4, 0.5) is 0 Å². The third-order valence-corrected chi connectivity index (χ3v) is 3.95. The molecule has 3 aromatic rings. The number of pyridine rings is 1. The van der Waals surface area contributed by atoms with Crippen molar-refractivity contribution in [1.29, 1.82) is 0 Å². The molecule has 2 aromatic heterocycles. The first-order valence-electron chi connectivity index (χ1n) is 6.91. The Hall–Kier alpha value is -2.13. The Morgan fingerprint density at radius 1 is 1.15 bits per heavy atom. The minimum atomic E-state index is 0.368. The third kappa shape index (κ3) is 2.45. The van der Waals surface area contributed by atoms with Gasteiger partial charge in [0.05, 0.1) is 0 Å².